The first kappa shape index (κ1) is 22.5. The summed E-state index contributed by atoms with van der Waals surface area (Å²) < 4.78 is 12.4. The molecule has 0 bridgehead atoms. The molecular weight excluding hydrogens is 432 g/mol. The van der Waals surface area contributed by atoms with Crippen molar-refractivity contribution in [3.63, 3.8) is 0 Å². The van der Waals surface area contributed by atoms with E-state index in [2.05, 4.69) is 4.98 Å². The van der Waals surface area contributed by atoms with Gasteiger partial charge in [0.1, 0.15) is 12.4 Å². The molecule has 0 spiro atoms. The van der Waals surface area contributed by atoms with Gasteiger partial charge in [0, 0.05) is 17.1 Å². The highest BCUT2D eigenvalue weighted by Crippen LogP contribution is 2.42. The van der Waals surface area contributed by atoms with E-state index in [1.807, 2.05) is 48.5 Å². The van der Waals surface area contributed by atoms with Gasteiger partial charge in [0.05, 0.1) is 11.1 Å². The van der Waals surface area contributed by atoms with E-state index in [1.54, 1.807) is 6.20 Å². The summed E-state index contributed by atoms with van der Waals surface area (Å²) in [5, 5.41) is 2.50. The molecule has 4 nitrogen and oxygen atoms in total. The zero-order valence-electron chi connectivity index (χ0n) is 19.1. The molecule has 0 amide bonds. The minimum absolute atomic E-state index is 0.00980. The maximum Gasteiger partial charge on any atom is 0.221 e. The average molecular weight is 465 g/mol. The van der Waals surface area contributed by atoms with E-state index in [0.717, 1.165) is 47.8 Å². The smallest absolute Gasteiger partial charge is 0.221 e. The molecule has 5 heteroatoms. The predicted molar refractivity (Wildman–Crippen MR) is 134 cm³/mol. The monoisotopic (exact) mass is 464 g/mol. The number of hydrogen-bond donors (Lipinski definition) is 1. The highest BCUT2D eigenvalue weighted by Gasteiger charge is 2.39. The molecule has 33 heavy (non-hydrogen) atoms. The molecular formula is C28H33ClN2O2. The summed E-state index contributed by atoms with van der Waals surface area (Å²) >= 11 is 6.66. The molecule has 174 valence electrons. The number of hydrogen-bond acceptors (Lipinski definition) is 4. The van der Waals surface area contributed by atoms with Gasteiger partial charge < -0.3 is 15.2 Å². The second-order valence-corrected chi connectivity index (χ2v) is 10.2. The van der Waals surface area contributed by atoms with E-state index in [4.69, 9.17) is 26.8 Å². The Labute approximate surface area is 201 Å². The van der Waals surface area contributed by atoms with Crippen LogP contribution in [0, 0.1) is 5.92 Å². The summed E-state index contributed by atoms with van der Waals surface area (Å²) in [5.41, 5.74) is 7.97. The molecule has 2 aromatic carbocycles. The fraction of sp³-hybridized carbons (Fsp3) is 0.464. The van der Waals surface area contributed by atoms with Crippen LogP contribution in [-0.2, 0) is 6.61 Å². The third-order valence-corrected chi connectivity index (χ3v) is 7.87. The van der Waals surface area contributed by atoms with Crippen LogP contribution in [0.1, 0.15) is 63.4 Å². The predicted octanol–water partition coefficient (Wildman–Crippen LogP) is 7.07. The molecule has 2 saturated carbocycles. The number of nitrogens with two attached hydrogens (primary N) is 1. The van der Waals surface area contributed by atoms with Crippen molar-refractivity contribution in [2.45, 2.75) is 76.0 Å². The number of benzene rings is 2. The van der Waals surface area contributed by atoms with Crippen molar-refractivity contribution in [3.05, 3.63) is 65.3 Å². The third kappa shape index (κ3) is 5.12. The normalized spacial score (nSPS) is 24.0. The fourth-order valence-corrected chi connectivity index (χ4v) is 5.80. The molecule has 1 aromatic heterocycles. The van der Waals surface area contributed by atoms with Crippen LogP contribution in [0.25, 0.3) is 10.8 Å². The molecule has 2 aliphatic carbocycles. The van der Waals surface area contributed by atoms with Gasteiger partial charge in [0.2, 0.25) is 5.88 Å². The first-order chi connectivity index (χ1) is 16.1. The van der Waals surface area contributed by atoms with E-state index >= 15 is 0 Å². The number of aromatic nitrogens is 1. The van der Waals surface area contributed by atoms with Crippen LogP contribution in [0.2, 0.25) is 5.02 Å². The Hall–Kier alpha value is -2.30. The minimum atomic E-state index is -0.00980. The lowest BCUT2D eigenvalue weighted by atomic mass is 9.67. The topological polar surface area (TPSA) is 57.4 Å². The third-order valence-electron chi connectivity index (χ3n) is 7.57. The minimum Gasteiger partial charge on any atom is -0.489 e. The Morgan fingerprint density at radius 1 is 0.970 bits per heavy atom. The Bertz CT molecular complexity index is 1070. The molecule has 0 unspecified atom stereocenters. The maximum atomic E-state index is 6.88. The number of pyridine rings is 1. The standard InChI is InChI=1S/C28H33ClN2O2/c29-25-18-24-21(13-16-31-27(24)32-19-20-7-3-1-4-8-20)17-26(25)33-23-11-14-28(30,15-12-23)22-9-5-2-6-10-22/h1,3-4,7-8,13,16-18,22-23H,2,5-6,9-12,14-15,19,30H2. The second-order valence-electron chi connectivity index (χ2n) is 9.78. The van der Waals surface area contributed by atoms with Crippen LogP contribution in [0.3, 0.4) is 0 Å². The van der Waals surface area contributed by atoms with Gasteiger partial charge in [0.25, 0.3) is 0 Å². The van der Waals surface area contributed by atoms with Crippen LogP contribution < -0.4 is 15.2 Å². The Morgan fingerprint density at radius 3 is 2.48 bits per heavy atom. The van der Waals surface area contributed by atoms with Gasteiger partial charge in [-0.3, -0.25) is 0 Å². The summed E-state index contributed by atoms with van der Waals surface area (Å²) in [4.78, 5) is 4.43. The summed E-state index contributed by atoms with van der Waals surface area (Å²) in [7, 11) is 0. The van der Waals surface area contributed by atoms with Crippen LogP contribution in [0.15, 0.2) is 54.7 Å². The van der Waals surface area contributed by atoms with E-state index in [9.17, 15) is 0 Å². The number of rotatable bonds is 6. The van der Waals surface area contributed by atoms with Crippen LogP contribution in [0.5, 0.6) is 11.6 Å². The van der Waals surface area contributed by atoms with Gasteiger partial charge in [-0.2, -0.15) is 0 Å². The number of nitrogens with zero attached hydrogens (tertiary/aromatic N) is 1. The van der Waals surface area contributed by atoms with Crippen LogP contribution >= 0.6 is 11.6 Å². The van der Waals surface area contributed by atoms with Gasteiger partial charge in [-0.1, -0.05) is 61.2 Å². The average Bonchev–Trinajstić information content (AvgIpc) is 2.86. The van der Waals surface area contributed by atoms with Crippen molar-refractivity contribution >= 4 is 22.4 Å². The van der Waals surface area contributed by atoms with Gasteiger partial charge >= 0.3 is 0 Å². The first-order valence-corrected chi connectivity index (χ1v) is 12.7. The van der Waals surface area contributed by atoms with Crippen molar-refractivity contribution < 1.29 is 9.47 Å². The molecule has 0 radical (unpaired) electrons. The lowest BCUT2D eigenvalue weighted by Gasteiger charge is -2.44. The van der Waals surface area contributed by atoms with Crippen LogP contribution in [0.4, 0.5) is 0 Å². The summed E-state index contributed by atoms with van der Waals surface area (Å²) in [6, 6.07) is 16.0. The van der Waals surface area contributed by atoms with Gasteiger partial charge in [0.15, 0.2) is 0 Å². The van der Waals surface area contributed by atoms with Gasteiger partial charge in [-0.15, -0.1) is 0 Å². The lowest BCUT2D eigenvalue weighted by Crippen LogP contribution is -2.51. The van der Waals surface area contributed by atoms with E-state index in [0.29, 0.717) is 23.4 Å². The Kier molecular flexibility index (Phi) is 6.75. The van der Waals surface area contributed by atoms with Crippen LogP contribution in [-0.4, -0.2) is 16.6 Å². The van der Waals surface area contributed by atoms with E-state index < -0.39 is 0 Å². The first-order valence-electron chi connectivity index (χ1n) is 12.3. The van der Waals surface area contributed by atoms with E-state index in [-0.39, 0.29) is 11.6 Å². The van der Waals surface area contributed by atoms with Crippen molar-refractivity contribution in [3.8, 4) is 11.6 Å². The fourth-order valence-electron chi connectivity index (χ4n) is 5.59. The van der Waals surface area contributed by atoms with Gasteiger partial charge in [-0.05, 0) is 73.6 Å². The zero-order chi connectivity index (χ0) is 22.7. The quantitative estimate of drug-likeness (QED) is 0.424. The molecule has 0 saturated heterocycles. The molecule has 5 rings (SSSR count). The van der Waals surface area contributed by atoms with E-state index in [1.165, 1.54) is 32.1 Å². The maximum absolute atomic E-state index is 6.88. The Balaban J connectivity index is 1.26. The summed E-state index contributed by atoms with van der Waals surface area (Å²) in [6.45, 7) is 0.465. The molecule has 3 aromatic rings. The number of halogens is 1. The van der Waals surface area contributed by atoms with Crippen molar-refractivity contribution in [2.75, 3.05) is 0 Å². The Morgan fingerprint density at radius 2 is 1.73 bits per heavy atom. The van der Waals surface area contributed by atoms with Crippen molar-refractivity contribution in [1.82, 2.24) is 4.98 Å². The SMILES string of the molecule is NC1(C2CCCCC2)CCC(Oc2cc3ccnc(OCc4ccccc4)c3cc2Cl)CC1. The molecule has 2 aliphatic rings. The highest BCUT2D eigenvalue weighted by atomic mass is 35.5. The van der Waals surface area contributed by atoms with Crippen molar-refractivity contribution in [2.24, 2.45) is 11.7 Å². The molecule has 1 heterocycles. The number of fused-ring (bicyclic) bond motifs is 1. The summed E-state index contributed by atoms with van der Waals surface area (Å²) in [5.74, 6) is 2.00. The molecule has 0 aliphatic heterocycles. The molecule has 2 N–H and O–H groups in total. The molecule has 2 fully saturated rings. The van der Waals surface area contributed by atoms with Crippen molar-refractivity contribution in [1.29, 1.82) is 0 Å². The second kappa shape index (κ2) is 9.90. The lowest BCUT2D eigenvalue weighted by molar-refractivity contribution is 0.0785. The summed E-state index contributed by atoms with van der Waals surface area (Å²) in [6.07, 6.45) is 12.6. The highest BCUT2D eigenvalue weighted by molar-refractivity contribution is 6.33. The zero-order valence-corrected chi connectivity index (χ0v) is 19.9. The largest absolute Gasteiger partial charge is 0.489 e. The number of ether oxygens (including phenoxy) is 2. The molecule has 0 atom stereocenters. The van der Waals surface area contributed by atoms with Gasteiger partial charge in [-0.25, -0.2) is 4.98 Å².